The van der Waals surface area contributed by atoms with Crippen LogP contribution in [0, 0.1) is 29.6 Å². The minimum Gasteiger partial charge on any atom is -0.491 e. The molecule has 1 saturated heterocycles. The summed E-state index contributed by atoms with van der Waals surface area (Å²) < 4.78 is 46.0. The molecule has 314 valence electrons. The molecular formula is C43H57N5O9S. The van der Waals surface area contributed by atoms with E-state index in [0.717, 1.165) is 30.0 Å². The number of alkyl carbamates (subject to hydrolysis) is 1. The van der Waals surface area contributed by atoms with Crippen LogP contribution < -0.4 is 24.8 Å². The van der Waals surface area contributed by atoms with E-state index in [1.807, 2.05) is 57.2 Å². The van der Waals surface area contributed by atoms with Crippen LogP contribution >= 0.6 is 0 Å². The fraction of sp³-hybridized carbons (Fsp3) is 0.651. The monoisotopic (exact) mass is 819 g/mol. The largest absolute Gasteiger partial charge is 0.491 e. The standard InChI is InChI=1S/C43H57N5O9S/c1-24(2)55-31-10-11-34-27(18-31)12-15-44-38(34)56-33-21-35-37(49)46-43(40(51)47-58(53,54)42(5)13-14-42)22-30(43)9-7-6-8-25(3)16-26(4)36(39(50)48(35)23-33)45-41(52)57-32-19-28-17-29(28)20-32/h7,9-12,15,18,24-26,28-30,32-33,35-36H,6,8,13-14,16-17,19-23H2,1-5H3,(H,45,52)(H,46,49)(H,47,51)/b9-7-/t25-,26+,28-,29+,30?,32?,33+,35-,36-,43+/m0/s1. The molecule has 0 spiro atoms. The molecule has 1 aromatic carbocycles. The lowest BCUT2D eigenvalue weighted by atomic mass is 9.88. The summed E-state index contributed by atoms with van der Waals surface area (Å²) in [5.41, 5.74) is -1.52. The highest BCUT2D eigenvalue weighted by Crippen LogP contribution is 2.52. The number of amides is 4. The van der Waals surface area contributed by atoms with Crippen LogP contribution in [0.4, 0.5) is 4.79 Å². The van der Waals surface area contributed by atoms with Gasteiger partial charge in [0.05, 0.1) is 17.4 Å². The Kier molecular flexibility index (Phi) is 10.7. The van der Waals surface area contributed by atoms with Gasteiger partial charge in [0.2, 0.25) is 27.7 Å². The summed E-state index contributed by atoms with van der Waals surface area (Å²) in [5, 5.41) is 7.41. The molecule has 10 atom stereocenters. The van der Waals surface area contributed by atoms with E-state index in [1.54, 1.807) is 13.1 Å². The van der Waals surface area contributed by atoms with Crippen LogP contribution in [0.1, 0.15) is 98.8 Å². The summed E-state index contributed by atoms with van der Waals surface area (Å²) >= 11 is 0. The van der Waals surface area contributed by atoms with Gasteiger partial charge in [-0.25, -0.2) is 18.2 Å². The zero-order chi connectivity index (χ0) is 41.1. The maximum atomic E-state index is 14.9. The number of aromatic nitrogens is 1. The van der Waals surface area contributed by atoms with Gasteiger partial charge in [-0.3, -0.25) is 19.1 Å². The second kappa shape index (κ2) is 15.3. The molecule has 3 N–H and O–H groups in total. The number of sulfonamides is 1. The summed E-state index contributed by atoms with van der Waals surface area (Å²) in [6, 6.07) is 5.34. The van der Waals surface area contributed by atoms with Crippen molar-refractivity contribution in [3.8, 4) is 11.6 Å². The Morgan fingerprint density at radius 2 is 1.78 bits per heavy atom. The molecule has 6 aliphatic rings. The number of benzene rings is 1. The topological polar surface area (TPSA) is 182 Å². The first kappa shape index (κ1) is 40.4. The van der Waals surface area contributed by atoms with E-state index in [4.69, 9.17) is 14.2 Å². The van der Waals surface area contributed by atoms with E-state index in [1.165, 1.54) is 11.3 Å². The van der Waals surface area contributed by atoms with Crippen molar-refractivity contribution in [2.45, 2.75) is 140 Å². The van der Waals surface area contributed by atoms with E-state index in [0.29, 0.717) is 49.1 Å². The number of hydrogen-bond donors (Lipinski definition) is 3. The highest BCUT2D eigenvalue weighted by molar-refractivity contribution is 7.91. The van der Waals surface area contributed by atoms with E-state index < -0.39 is 68.2 Å². The van der Waals surface area contributed by atoms with Gasteiger partial charge in [-0.05, 0) is 132 Å². The first-order chi connectivity index (χ1) is 27.5. The lowest BCUT2D eigenvalue weighted by Gasteiger charge is -2.33. The van der Waals surface area contributed by atoms with E-state index in [9.17, 15) is 27.6 Å². The zero-order valence-electron chi connectivity index (χ0n) is 34.1. The molecule has 1 aromatic heterocycles. The average molecular weight is 820 g/mol. The molecule has 0 bridgehead atoms. The van der Waals surface area contributed by atoms with Crippen molar-refractivity contribution in [2.24, 2.45) is 29.6 Å². The number of ether oxygens (including phenoxy) is 3. The maximum absolute atomic E-state index is 14.9. The summed E-state index contributed by atoms with van der Waals surface area (Å²) in [5.74, 6) is -0.199. The van der Waals surface area contributed by atoms with Crippen molar-refractivity contribution in [3.63, 3.8) is 0 Å². The molecule has 4 amide bonds. The number of fused-ring (bicyclic) bond motifs is 4. The summed E-state index contributed by atoms with van der Waals surface area (Å²) in [4.78, 5) is 62.9. The molecule has 15 heteroatoms. The Bertz CT molecular complexity index is 2100. The van der Waals surface area contributed by atoms with Crippen LogP contribution in [0.3, 0.4) is 0 Å². The van der Waals surface area contributed by atoms with Crippen molar-refractivity contribution in [3.05, 3.63) is 42.6 Å². The van der Waals surface area contributed by atoms with Crippen molar-refractivity contribution in [1.82, 2.24) is 25.2 Å². The Labute approximate surface area is 340 Å². The van der Waals surface area contributed by atoms with E-state index >= 15 is 0 Å². The maximum Gasteiger partial charge on any atom is 0.408 e. The molecule has 14 nitrogen and oxygen atoms in total. The molecule has 58 heavy (non-hydrogen) atoms. The van der Waals surface area contributed by atoms with Crippen LogP contribution in [-0.4, -0.2) is 89.3 Å². The third-order valence-electron chi connectivity index (χ3n) is 13.3. The van der Waals surface area contributed by atoms with Crippen LogP contribution in [0.5, 0.6) is 11.6 Å². The molecule has 5 fully saturated rings. The number of pyridine rings is 1. The number of carbonyl (C=O) groups excluding carboxylic acids is 4. The SMILES string of the molecule is CC(C)Oc1ccc2c(O[C@@H]3C[C@H]4C(=O)N[C@]5(C(=O)NS(=O)(=O)C6(C)CC6)CC5/C=C\CC[C@H](C)C[C@@H](C)[C@H](NC(=O)OC5C[C@@H]6C[C@@H]6C5)C(=O)N4C3)nccc2c1. The van der Waals surface area contributed by atoms with Crippen molar-refractivity contribution >= 4 is 44.6 Å². The number of rotatable bonds is 9. The number of nitrogens with one attached hydrogen (secondary N) is 3. The number of nitrogens with zero attached hydrogens (tertiary/aromatic N) is 2. The van der Waals surface area contributed by atoms with Gasteiger partial charge in [-0.15, -0.1) is 0 Å². The molecule has 4 saturated carbocycles. The fourth-order valence-corrected chi connectivity index (χ4v) is 10.7. The molecule has 2 aliphatic heterocycles. The molecule has 2 aromatic rings. The number of allylic oxidation sites excluding steroid dienone is 1. The lowest BCUT2D eigenvalue weighted by molar-refractivity contribution is -0.142. The van der Waals surface area contributed by atoms with Crippen LogP contribution in [0.15, 0.2) is 42.6 Å². The van der Waals surface area contributed by atoms with Gasteiger partial charge < -0.3 is 29.7 Å². The smallest absolute Gasteiger partial charge is 0.408 e. The van der Waals surface area contributed by atoms with Gasteiger partial charge >= 0.3 is 6.09 Å². The quantitative estimate of drug-likeness (QED) is 0.286. The van der Waals surface area contributed by atoms with Crippen molar-refractivity contribution in [2.75, 3.05) is 6.54 Å². The van der Waals surface area contributed by atoms with Crippen molar-refractivity contribution < 1.29 is 41.8 Å². The van der Waals surface area contributed by atoms with Gasteiger partial charge in [0.1, 0.15) is 35.6 Å². The van der Waals surface area contributed by atoms with Crippen LogP contribution in [0.25, 0.3) is 10.8 Å². The van der Waals surface area contributed by atoms with Gasteiger partial charge in [-0.2, -0.15) is 0 Å². The summed E-state index contributed by atoms with van der Waals surface area (Å²) in [6.45, 7) is 9.54. The Morgan fingerprint density at radius 1 is 1.02 bits per heavy atom. The van der Waals surface area contributed by atoms with Gasteiger partial charge in [0.15, 0.2) is 0 Å². The minimum absolute atomic E-state index is 0.000277. The first-order valence-electron chi connectivity index (χ1n) is 21.1. The van der Waals surface area contributed by atoms with Crippen LogP contribution in [0.2, 0.25) is 0 Å². The Hall–Kier alpha value is -4.40. The molecular weight excluding hydrogens is 763 g/mol. The predicted octanol–water partition coefficient (Wildman–Crippen LogP) is 5.15. The van der Waals surface area contributed by atoms with Gasteiger partial charge in [-0.1, -0.05) is 26.0 Å². The lowest BCUT2D eigenvalue weighted by Crippen LogP contribution is -2.59. The highest BCUT2D eigenvalue weighted by atomic mass is 32.2. The molecule has 2 unspecified atom stereocenters. The Balaban J connectivity index is 1.09. The zero-order valence-corrected chi connectivity index (χ0v) is 34.9. The predicted molar refractivity (Wildman–Crippen MR) is 215 cm³/mol. The third-order valence-corrected chi connectivity index (χ3v) is 15.5. The Morgan fingerprint density at radius 3 is 2.50 bits per heavy atom. The second-order valence-corrected chi connectivity index (χ2v) is 20.7. The summed E-state index contributed by atoms with van der Waals surface area (Å²) in [6.07, 6.45) is 10.0. The summed E-state index contributed by atoms with van der Waals surface area (Å²) in [7, 11) is -3.99. The van der Waals surface area contributed by atoms with Gasteiger partial charge in [0.25, 0.3) is 5.91 Å². The fourth-order valence-electron chi connectivity index (χ4n) is 9.39. The van der Waals surface area contributed by atoms with E-state index in [2.05, 4.69) is 27.3 Å². The normalized spacial score (nSPS) is 34.7. The van der Waals surface area contributed by atoms with Gasteiger partial charge in [0, 0.05) is 23.9 Å². The molecule has 4 aliphatic carbocycles. The third kappa shape index (κ3) is 8.24. The second-order valence-electron chi connectivity index (χ2n) is 18.5. The average Bonchev–Trinajstić information content (AvgIpc) is 4.12. The first-order valence-corrected chi connectivity index (χ1v) is 22.6. The molecule has 0 radical (unpaired) electrons. The molecule has 3 heterocycles. The minimum atomic E-state index is -3.99. The van der Waals surface area contributed by atoms with Crippen molar-refractivity contribution in [1.29, 1.82) is 0 Å². The molecule has 8 rings (SSSR count). The van der Waals surface area contributed by atoms with E-state index in [-0.39, 0.29) is 43.4 Å². The highest BCUT2D eigenvalue weighted by Gasteiger charge is 2.63. The number of carbonyl (C=O) groups is 4. The number of hydrogen-bond acceptors (Lipinski definition) is 10. The van der Waals surface area contributed by atoms with Crippen LogP contribution in [-0.2, 0) is 29.1 Å².